The second kappa shape index (κ2) is 8.69. The molecule has 0 aliphatic heterocycles. The minimum Gasteiger partial charge on any atom is -0.453 e. The van der Waals surface area contributed by atoms with Crippen molar-refractivity contribution in [3.05, 3.63) is 120 Å². The molecule has 0 N–H and O–H groups in total. The summed E-state index contributed by atoms with van der Waals surface area (Å²) >= 11 is 0. The van der Waals surface area contributed by atoms with E-state index in [-0.39, 0.29) is 5.92 Å². The van der Waals surface area contributed by atoms with Crippen LogP contribution in [0.15, 0.2) is 97.6 Å². The van der Waals surface area contributed by atoms with E-state index in [0.717, 1.165) is 11.1 Å². The molecule has 0 saturated heterocycles. The minimum absolute atomic E-state index is 0.160. The van der Waals surface area contributed by atoms with Crippen molar-refractivity contribution >= 4 is 5.97 Å². The largest absolute Gasteiger partial charge is 0.453 e. The van der Waals surface area contributed by atoms with Crippen LogP contribution in [-0.4, -0.2) is 12.1 Å². The van der Waals surface area contributed by atoms with Crippen molar-refractivity contribution < 1.29 is 9.53 Å². The predicted octanol–water partition coefficient (Wildman–Crippen LogP) is 5.21. The molecule has 132 valence electrons. The standard InChI is InChI=1S/C25H20O2/c1-3-19-13-11-12-18-22(19)25(26)27-23(4-2)24(20-14-7-5-8-15-20)21-16-9-6-10-17-21/h1,4-18,23-24H,2H2. The summed E-state index contributed by atoms with van der Waals surface area (Å²) < 4.78 is 5.85. The van der Waals surface area contributed by atoms with Crippen LogP contribution >= 0.6 is 0 Å². The van der Waals surface area contributed by atoms with Gasteiger partial charge in [0.25, 0.3) is 0 Å². The molecule has 0 radical (unpaired) electrons. The van der Waals surface area contributed by atoms with E-state index in [9.17, 15) is 4.79 Å². The molecular weight excluding hydrogens is 332 g/mol. The molecule has 0 bridgehead atoms. The van der Waals surface area contributed by atoms with Crippen molar-refractivity contribution in [3.63, 3.8) is 0 Å². The smallest absolute Gasteiger partial charge is 0.340 e. The lowest BCUT2D eigenvalue weighted by Gasteiger charge is -2.26. The number of carbonyl (C=O) groups excluding carboxylic acids is 1. The Kier molecular flexibility index (Phi) is 5.87. The van der Waals surface area contributed by atoms with Gasteiger partial charge in [-0.25, -0.2) is 4.79 Å². The Morgan fingerprint density at radius 2 is 1.41 bits per heavy atom. The summed E-state index contributed by atoms with van der Waals surface area (Å²) in [5.41, 5.74) is 2.99. The second-order valence-corrected chi connectivity index (χ2v) is 6.09. The Hall–Kier alpha value is -3.57. The Morgan fingerprint density at radius 3 is 1.93 bits per heavy atom. The third kappa shape index (κ3) is 4.16. The van der Waals surface area contributed by atoms with Gasteiger partial charge in [-0.15, -0.1) is 6.42 Å². The van der Waals surface area contributed by atoms with E-state index >= 15 is 0 Å². The number of hydrogen-bond acceptors (Lipinski definition) is 2. The van der Waals surface area contributed by atoms with Crippen molar-refractivity contribution in [2.24, 2.45) is 0 Å². The molecule has 3 aromatic carbocycles. The van der Waals surface area contributed by atoms with E-state index < -0.39 is 12.1 Å². The monoisotopic (exact) mass is 352 g/mol. The molecule has 2 heteroatoms. The highest BCUT2D eigenvalue weighted by molar-refractivity contribution is 5.92. The summed E-state index contributed by atoms with van der Waals surface area (Å²) in [5.74, 6) is 1.92. The number of ether oxygens (including phenoxy) is 1. The van der Waals surface area contributed by atoms with Crippen LogP contribution in [0.2, 0.25) is 0 Å². The second-order valence-electron chi connectivity index (χ2n) is 6.09. The number of terminal acetylenes is 1. The molecule has 3 rings (SSSR count). The summed E-state index contributed by atoms with van der Waals surface area (Å²) in [4.78, 5) is 12.8. The van der Waals surface area contributed by atoms with Crippen LogP contribution in [0.1, 0.15) is 33.0 Å². The first-order valence-corrected chi connectivity index (χ1v) is 8.73. The maximum Gasteiger partial charge on any atom is 0.340 e. The van der Waals surface area contributed by atoms with Crippen LogP contribution in [-0.2, 0) is 4.74 Å². The fourth-order valence-corrected chi connectivity index (χ4v) is 3.12. The first-order valence-electron chi connectivity index (χ1n) is 8.73. The zero-order valence-electron chi connectivity index (χ0n) is 14.9. The first-order chi connectivity index (χ1) is 13.2. The number of benzene rings is 3. The first kappa shape index (κ1) is 18.2. The van der Waals surface area contributed by atoms with Gasteiger partial charge in [0.05, 0.1) is 5.56 Å². The molecule has 3 aromatic rings. The quantitative estimate of drug-likeness (QED) is 0.346. The average molecular weight is 352 g/mol. The van der Waals surface area contributed by atoms with E-state index in [1.165, 1.54) is 0 Å². The molecule has 0 heterocycles. The molecule has 2 nitrogen and oxygen atoms in total. The number of rotatable bonds is 6. The fourth-order valence-electron chi connectivity index (χ4n) is 3.12. The van der Waals surface area contributed by atoms with Crippen molar-refractivity contribution in [2.75, 3.05) is 0 Å². The maximum absolute atomic E-state index is 12.8. The van der Waals surface area contributed by atoms with Gasteiger partial charge in [-0.3, -0.25) is 0 Å². The number of esters is 1. The van der Waals surface area contributed by atoms with Crippen LogP contribution in [0.4, 0.5) is 0 Å². The average Bonchev–Trinajstić information content (AvgIpc) is 2.74. The van der Waals surface area contributed by atoms with E-state index in [1.807, 2.05) is 60.7 Å². The molecule has 1 atom stereocenters. The SMILES string of the molecule is C#Cc1ccccc1C(=O)OC(C=C)C(c1ccccc1)c1ccccc1. The topological polar surface area (TPSA) is 26.3 Å². The van der Waals surface area contributed by atoms with E-state index in [1.54, 1.807) is 30.3 Å². The molecule has 0 saturated carbocycles. The van der Waals surface area contributed by atoms with Gasteiger partial charge < -0.3 is 4.74 Å². The lowest BCUT2D eigenvalue weighted by atomic mass is 9.86. The van der Waals surface area contributed by atoms with Crippen molar-refractivity contribution in [1.82, 2.24) is 0 Å². The Morgan fingerprint density at radius 1 is 0.889 bits per heavy atom. The number of carbonyl (C=O) groups is 1. The van der Waals surface area contributed by atoms with Gasteiger partial charge in [-0.05, 0) is 23.3 Å². The summed E-state index contributed by atoms with van der Waals surface area (Å²) in [5, 5.41) is 0. The van der Waals surface area contributed by atoms with Crippen molar-refractivity contribution in [2.45, 2.75) is 12.0 Å². The van der Waals surface area contributed by atoms with Gasteiger partial charge in [0.1, 0.15) is 6.10 Å². The van der Waals surface area contributed by atoms with Crippen molar-refractivity contribution in [1.29, 1.82) is 0 Å². The molecule has 27 heavy (non-hydrogen) atoms. The zero-order chi connectivity index (χ0) is 19.1. The van der Waals surface area contributed by atoms with Crippen LogP contribution < -0.4 is 0 Å². The van der Waals surface area contributed by atoms with E-state index in [4.69, 9.17) is 11.2 Å². The lowest BCUT2D eigenvalue weighted by Crippen LogP contribution is -2.25. The van der Waals surface area contributed by atoms with Gasteiger partial charge in [-0.2, -0.15) is 0 Å². The molecular formula is C25H20O2. The van der Waals surface area contributed by atoms with Crippen LogP contribution in [0.3, 0.4) is 0 Å². The summed E-state index contributed by atoms with van der Waals surface area (Å²) in [6.07, 6.45) is 6.65. The molecule has 0 amide bonds. The predicted molar refractivity (Wildman–Crippen MR) is 109 cm³/mol. The molecule has 0 spiro atoms. The Labute approximate surface area is 160 Å². The van der Waals surface area contributed by atoms with Gasteiger partial charge >= 0.3 is 5.97 Å². The van der Waals surface area contributed by atoms with Crippen LogP contribution in [0.5, 0.6) is 0 Å². The zero-order valence-corrected chi connectivity index (χ0v) is 14.9. The van der Waals surface area contributed by atoms with Gasteiger partial charge in [-0.1, -0.05) is 91.4 Å². The Balaban J connectivity index is 1.96. The molecule has 0 fully saturated rings. The van der Waals surface area contributed by atoms with Gasteiger partial charge in [0, 0.05) is 11.5 Å². The highest BCUT2D eigenvalue weighted by Gasteiger charge is 2.27. The third-order valence-corrected chi connectivity index (χ3v) is 4.42. The Bertz CT molecular complexity index is 913. The highest BCUT2D eigenvalue weighted by Crippen LogP contribution is 2.31. The van der Waals surface area contributed by atoms with Gasteiger partial charge in [0.2, 0.25) is 0 Å². The molecule has 0 aliphatic rings. The summed E-state index contributed by atoms with van der Waals surface area (Å²) in [6.45, 7) is 3.90. The minimum atomic E-state index is -0.534. The summed E-state index contributed by atoms with van der Waals surface area (Å²) in [6, 6.07) is 26.9. The van der Waals surface area contributed by atoms with Crippen LogP contribution in [0.25, 0.3) is 0 Å². The van der Waals surface area contributed by atoms with Crippen LogP contribution in [0, 0.1) is 12.3 Å². The van der Waals surface area contributed by atoms with Gasteiger partial charge in [0.15, 0.2) is 0 Å². The lowest BCUT2D eigenvalue weighted by molar-refractivity contribution is 0.0367. The molecule has 0 aliphatic carbocycles. The maximum atomic E-state index is 12.8. The molecule has 1 unspecified atom stereocenters. The fraction of sp³-hybridized carbons (Fsp3) is 0.0800. The summed E-state index contributed by atoms with van der Waals surface area (Å²) in [7, 11) is 0. The van der Waals surface area contributed by atoms with Crippen molar-refractivity contribution in [3.8, 4) is 12.3 Å². The number of hydrogen-bond donors (Lipinski definition) is 0. The molecule has 0 aromatic heterocycles. The normalized spacial score (nSPS) is 11.4. The van der Waals surface area contributed by atoms with E-state index in [0.29, 0.717) is 11.1 Å². The highest BCUT2D eigenvalue weighted by atomic mass is 16.5. The van der Waals surface area contributed by atoms with E-state index in [2.05, 4.69) is 12.5 Å². The third-order valence-electron chi connectivity index (χ3n) is 4.42.